The van der Waals surface area contributed by atoms with E-state index in [9.17, 15) is 8.42 Å². The second-order valence-electron chi connectivity index (χ2n) is 4.75. The van der Waals surface area contributed by atoms with Crippen LogP contribution in [-0.2, 0) is 14.6 Å². The van der Waals surface area contributed by atoms with Gasteiger partial charge in [0.1, 0.15) is 0 Å². The summed E-state index contributed by atoms with van der Waals surface area (Å²) in [6.07, 6.45) is 1.68. The number of hydrogen-bond donors (Lipinski definition) is 0. The van der Waals surface area contributed by atoms with Crippen LogP contribution >= 0.6 is 15.9 Å². The highest BCUT2D eigenvalue weighted by atomic mass is 79.9. The van der Waals surface area contributed by atoms with Gasteiger partial charge >= 0.3 is 0 Å². The Hall–Kier alpha value is -0.390. The quantitative estimate of drug-likeness (QED) is 0.854. The Balaban J connectivity index is 2.19. The third kappa shape index (κ3) is 3.33. The lowest BCUT2D eigenvalue weighted by Crippen LogP contribution is -2.23. The van der Waals surface area contributed by atoms with Gasteiger partial charge in [-0.25, -0.2) is 8.42 Å². The molecule has 1 aliphatic rings. The molecule has 1 heterocycles. The summed E-state index contributed by atoms with van der Waals surface area (Å²) in [7, 11) is -3.18. The Morgan fingerprint density at radius 2 is 2.00 bits per heavy atom. The van der Waals surface area contributed by atoms with Crippen molar-refractivity contribution >= 4 is 25.8 Å². The predicted octanol–water partition coefficient (Wildman–Crippen LogP) is 2.96. The second-order valence-corrected chi connectivity index (χ2v) is 7.67. The lowest BCUT2D eigenvalue weighted by molar-refractivity contribution is 0.0723. The largest absolute Gasteiger partial charge is 0.381 e. The van der Waals surface area contributed by atoms with E-state index in [2.05, 4.69) is 15.9 Å². The van der Waals surface area contributed by atoms with Crippen LogP contribution in [0.2, 0.25) is 0 Å². The van der Waals surface area contributed by atoms with Crippen LogP contribution in [0.3, 0.4) is 0 Å². The summed E-state index contributed by atoms with van der Waals surface area (Å²) in [5.41, 5.74) is 0.802. The van der Waals surface area contributed by atoms with Crippen LogP contribution in [0.15, 0.2) is 27.6 Å². The number of aryl methyl sites for hydroxylation is 1. The average Bonchev–Trinajstić information content (AvgIpc) is 2.29. The topological polar surface area (TPSA) is 43.4 Å². The first-order valence-corrected chi connectivity index (χ1v) is 8.50. The molecule has 0 aromatic heterocycles. The molecule has 1 aromatic rings. The van der Waals surface area contributed by atoms with Crippen molar-refractivity contribution in [2.24, 2.45) is 5.92 Å². The molecule has 0 radical (unpaired) electrons. The number of sulfone groups is 1. The van der Waals surface area contributed by atoms with Gasteiger partial charge in [-0.05, 0) is 49.4 Å². The van der Waals surface area contributed by atoms with Crippen LogP contribution < -0.4 is 0 Å². The molecule has 0 unspecified atom stereocenters. The normalized spacial score (nSPS) is 17.9. The van der Waals surface area contributed by atoms with Crippen LogP contribution in [0.25, 0.3) is 0 Å². The minimum atomic E-state index is -3.18. The van der Waals surface area contributed by atoms with Crippen molar-refractivity contribution in [2.45, 2.75) is 24.7 Å². The highest BCUT2D eigenvalue weighted by Gasteiger charge is 2.24. The molecule has 0 spiro atoms. The summed E-state index contributed by atoms with van der Waals surface area (Å²) in [6, 6.07) is 5.31. The molecule has 5 heteroatoms. The van der Waals surface area contributed by atoms with Crippen molar-refractivity contribution in [3.8, 4) is 0 Å². The van der Waals surface area contributed by atoms with E-state index in [0.717, 1.165) is 22.9 Å². The lowest BCUT2D eigenvalue weighted by atomic mass is 10.0. The van der Waals surface area contributed by atoms with Gasteiger partial charge in [0.05, 0.1) is 10.6 Å². The molecule has 18 heavy (non-hydrogen) atoms. The first-order valence-electron chi connectivity index (χ1n) is 6.06. The van der Waals surface area contributed by atoms with Gasteiger partial charge < -0.3 is 4.74 Å². The highest BCUT2D eigenvalue weighted by molar-refractivity contribution is 9.10. The summed E-state index contributed by atoms with van der Waals surface area (Å²) in [5.74, 6) is 0.463. The molecule has 2 rings (SSSR count). The van der Waals surface area contributed by atoms with Crippen molar-refractivity contribution in [3.05, 3.63) is 28.2 Å². The van der Waals surface area contributed by atoms with E-state index >= 15 is 0 Å². The SMILES string of the molecule is Cc1cc(Br)ccc1S(=O)(=O)CC1CCOCC1. The summed E-state index contributed by atoms with van der Waals surface area (Å²) >= 11 is 3.35. The fourth-order valence-electron chi connectivity index (χ4n) is 2.27. The van der Waals surface area contributed by atoms with Crippen LogP contribution in [0, 0.1) is 12.8 Å². The Kier molecular flexibility index (Phi) is 4.45. The van der Waals surface area contributed by atoms with Gasteiger partial charge in [-0.1, -0.05) is 15.9 Å². The zero-order chi connectivity index (χ0) is 13.2. The third-order valence-electron chi connectivity index (χ3n) is 3.27. The monoisotopic (exact) mass is 332 g/mol. The molecule has 100 valence electrons. The molecule has 1 fully saturated rings. The smallest absolute Gasteiger partial charge is 0.178 e. The average molecular weight is 333 g/mol. The molecule has 0 saturated carbocycles. The van der Waals surface area contributed by atoms with Gasteiger partial charge in [0, 0.05) is 17.7 Å². The Morgan fingerprint density at radius 3 is 2.61 bits per heavy atom. The van der Waals surface area contributed by atoms with Gasteiger partial charge in [0.2, 0.25) is 0 Å². The number of hydrogen-bond acceptors (Lipinski definition) is 3. The number of ether oxygens (including phenoxy) is 1. The van der Waals surface area contributed by atoms with Crippen molar-refractivity contribution in [1.29, 1.82) is 0 Å². The van der Waals surface area contributed by atoms with E-state index in [1.54, 1.807) is 12.1 Å². The Bertz CT molecular complexity index is 519. The maximum absolute atomic E-state index is 12.4. The van der Waals surface area contributed by atoms with Gasteiger partial charge in [-0.2, -0.15) is 0 Å². The van der Waals surface area contributed by atoms with Crippen molar-refractivity contribution in [1.82, 2.24) is 0 Å². The fourth-order valence-corrected chi connectivity index (χ4v) is 4.71. The molecule has 3 nitrogen and oxygen atoms in total. The van der Waals surface area contributed by atoms with E-state index < -0.39 is 9.84 Å². The standard InChI is InChI=1S/C13H17BrO3S/c1-10-8-12(14)2-3-13(10)18(15,16)9-11-4-6-17-7-5-11/h2-3,8,11H,4-7,9H2,1H3. The first-order chi connectivity index (χ1) is 8.49. The van der Waals surface area contributed by atoms with Crippen molar-refractivity contribution in [3.63, 3.8) is 0 Å². The highest BCUT2D eigenvalue weighted by Crippen LogP contribution is 2.25. The molecule has 1 saturated heterocycles. The van der Waals surface area contributed by atoms with E-state index in [0.29, 0.717) is 18.1 Å². The van der Waals surface area contributed by atoms with Crippen molar-refractivity contribution in [2.75, 3.05) is 19.0 Å². The number of rotatable bonds is 3. The number of benzene rings is 1. The summed E-state index contributed by atoms with van der Waals surface area (Å²) < 4.78 is 30.9. The molecular formula is C13H17BrO3S. The van der Waals surface area contributed by atoms with Gasteiger partial charge in [0.15, 0.2) is 9.84 Å². The number of halogens is 1. The summed E-state index contributed by atoms with van der Waals surface area (Å²) in [4.78, 5) is 0.456. The van der Waals surface area contributed by atoms with Gasteiger partial charge in [-0.15, -0.1) is 0 Å². The molecule has 0 bridgehead atoms. The minimum Gasteiger partial charge on any atom is -0.381 e. The Morgan fingerprint density at radius 1 is 1.33 bits per heavy atom. The van der Waals surface area contributed by atoms with E-state index in [1.165, 1.54) is 0 Å². The molecule has 0 aliphatic carbocycles. The maximum Gasteiger partial charge on any atom is 0.178 e. The first kappa shape index (κ1) is 14.0. The molecule has 1 aromatic carbocycles. The molecule has 0 atom stereocenters. The van der Waals surface area contributed by atoms with E-state index in [4.69, 9.17) is 4.74 Å². The molecule has 0 N–H and O–H groups in total. The minimum absolute atomic E-state index is 0.229. The van der Waals surface area contributed by atoms with E-state index in [-0.39, 0.29) is 11.7 Å². The lowest BCUT2D eigenvalue weighted by Gasteiger charge is -2.22. The predicted molar refractivity (Wildman–Crippen MR) is 74.5 cm³/mol. The van der Waals surface area contributed by atoms with Gasteiger partial charge in [0.25, 0.3) is 0 Å². The maximum atomic E-state index is 12.4. The van der Waals surface area contributed by atoms with Crippen LogP contribution in [-0.4, -0.2) is 27.4 Å². The Labute approximate surface area is 117 Å². The fraction of sp³-hybridized carbons (Fsp3) is 0.538. The van der Waals surface area contributed by atoms with Crippen molar-refractivity contribution < 1.29 is 13.2 Å². The van der Waals surface area contributed by atoms with Crippen LogP contribution in [0.1, 0.15) is 18.4 Å². The summed E-state index contributed by atoms with van der Waals surface area (Å²) in [5, 5.41) is 0. The van der Waals surface area contributed by atoms with E-state index in [1.807, 2.05) is 13.0 Å². The third-order valence-corrected chi connectivity index (χ3v) is 5.80. The molecular weight excluding hydrogens is 316 g/mol. The van der Waals surface area contributed by atoms with Gasteiger partial charge in [-0.3, -0.25) is 0 Å². The summed E-state index contributed by atoms with van der Waals surface area (Å²) in [6.45, 7) is 3.20. The molecule has 0 amide bonds. The van der Waals surface area contributed by atoms with Crippen LogP contribution in [0.5, 0.6) is 0 Å². The second kappa shape index (κ2) is 5.72. The molecule has 1 aliphatic heterocycles. The van der Waals surface area contributed by atoms with Crippen LogP contribution in [0.4, 0.5) is 0 Å². The zero-order valence-electron chi connectivity index (χ0n) is 10.4. The zero-order valence-corrected chi connectivity index (χ0v) is 12.8.